The van der Waals surface area contributed by atoms with Crippen LogP contribution in [0.1, 0.15) is 46.0 Å². The van der Waals surface area contributed by atoms with E-state index in [1.165, 1.54) is 58.3 Å². The Hall–Kier alpha value is -0.160. The molecule has 3 unspecified atom stereocenters. The number of ether oxygens (including phenoxy) is 1. The van der Waals surface area contributed by atoms with E-state index in [4.69, 9.17) is 10.5 Å². The Balaban J connectivity index is 1.58. The first kappa shape index (κ1) is 17.7. The second-order valence-corrected chi connectivity index (χ2v) is 8.11. The standard InChI is InChI=1S/C19H37N3O/c1-3-5-16-11-21(8-4-2)12-18(20)19(16)15-6-9-22(10-7-15)17-13-23-14-17/h15-19H,3-14,20H2,1-2H3. The van der Waals surface area contributed by atoms with Gasteiger partial charge in [0.25, 0.3) is 0 Å². The number of hydrogen-bond acceptors (Lipinski definition) is 4. The Morgan fingerprint density at radius 3 is 2.35 bits per heavy atom. The molecule has 0 aromatic rings. The summed E-state index contributed by atoms with van der Waals surface area (Å²) in [6.07, 6.45) is 6.60. The predicted octanol–water partition coefficient (Wildman–Crippen LogP) is 2.18. The van der Waals surface area contributed by atoms with Crippen molar-refractivity contribution in [2.45, 2.75) is 58.0 Å². The van der Waals surface area contributed by atoms with Crippen LogP contribution in [0.5, 0.6) is 0 Å². The van der Waals surface area contributed by atoms with Crippen molar-refractivity contribution < 1.29 is 4.74 Å². The molecule has 0 aliphatic carbocycles. The number of nitrogens with zero attached hydrogens (tertiary/aromatic N) is 2. The molecule has 3 heterocycles. The minimum absolute atomic E-state index is 0.385. The molecule has 134 valence electrons. The lowest BCUT2D eigenvalue weighted by Gasteiger charge is -2.49. The maximum atomic E-state index is 6.71. The zero-order chi connectivity index (χ0) is 16.2. The molecule has 3 rings (SSSR count). The van der Waals surface area contributed by atoms with Gasteiger partial charge in [0.2, 0.25) is 0 Å². The topological polar surface area (TPSA) is 41.7 Å². The average Bonchev–Trinajstić information content (AvgIpc) is 2.47. The molecule has 0 saturated carbocycles. The molecule has 3 fully saturated rings. The van der Waals surface area contributed by atoms with E-state index in [0.29, 0.717) is 12.1 Å². The highest BCUT2D eigenvalue weighted by atomic mass is 16.5. The van der Waals surface area contributed by atoms with E-state index in [1.54, 1.807) is 0 Å². The molecule has 0 radical (unpaired) electrons. The molecule has 0 bridgehead atoms. The summed E-state index contributed by atoms with van der Waals surface area (Å²) in [6.45, 7) is 12.7. The molecule has 0 amide bonds. The van der Waals surface area contributed by atoms with E-state index >= 15 is 0 Å². The zero-order valence-electron chi connectivity index (χ0n) is 15.3. The summed E-state index contributed by atoms with van der Waals surface area (Å²) in [4.78, 5) is 5.29. The molecule has 3 aliphatic rings. The first-order valence-electron chi connectivity index (χ1n) is 10.0. The van der Waals surface area contributed by atoms with Crippen molar-refractivity contribution >= 4 is 0 Å². The Kier molecular flexibility index (Phi) is 6.36. The Labute approximate surface area is 142 Å². The summed E-state index contributed by atoms with van der Waals surface area (Å²) in [5, 5.41) is 0. The van der Waals surface area contributed by atoms with E-state index < -0.39 is 0 Å². The summed E-state index contributed by atoms with van der Waals surface area (Å²) in [6, 6.07) is 1.10. The molecule has 4 nitrogen and oxygen atoms in total. The summed E-state index contributed by atoms with van der Waals surface area (Å²) in [5.74, 6) is 2.42. The summed E-state index contributed by atoms with van der Waals surface area (Å²) in [7, 11) is 0. The maximum absolute atomic E-state index is 6.71. The molecule has 3 atom stereocenters. The van der Waals surface area contributed by atoms with Crippen LogP contribution in [0.4, 0.5) is 0 Å². The van der Waals surface area contributed by atoms with Crippen molar-refractivity contribution in [1.29, 1.82) is 0 Å². The van der Waals surface area contributed by atoms with Crippen LogP contribution in [-0.2, 0) is 4.74 Å². The van der Waals surface area contributed by atoms with Gasteiger partial charge in [-0.05, 0) is 63.1 Å². The molecule has 4 heteroatoms. The molecular weight excluding hydrogens is 286 g/mol. The molecule has 2 N–H and O–H groups in total. The van der Waals surface area contributed by atoms with Gasteiger partial charge in [0.15, 0.2) is 0 Å². The smallest absolute Gasteiger partial charge is 0.0645 e. The van der Waals surface area contributed by atoms with Gasteiger partial charge in [-0.15, -0.1) is 0 Å². The molecule has 23 heavy (non-hydrogen) atoms. The highest BCUT2D eigenvalue weighted by molar-refractivity contribution is 4.95. The summed E-state index contributed by atoms with van der Waals surface area (Å²) in [5.41, 5.74) is 6.71. The van der Waals surface area contributed by atoms with Gasteiger partial charge in [0.1, 0.15) is 0 Å². The SMILES string of the molecule is CCCC1CN(CCC)CC(N)C1C1CCN(C2COC2)CC1. The molecule has 0 aromatic heterocycles. The quantitative estimate of drug-likeness (QED) is 0.813. The number of likely N-dealkylation sites (tertiary alicyclic amines) is 2. The van der Waals surface area contributed by atoms with Crippen LogP contribution in [0.25, 0.3) is 0 Å². The minimum atomic E-state index is 0.385. The minimum Gasteiger partial charge on any atom is -0.378 e. The monoisotopic (exact) mass is 323 g/mol. The number of piperidine rings is 2. The highest BCUT2D eigenvalue weighted by Gasteiger charge is 2.41. The maximum Gasteiger partial charge on any atom is 0.0645 e. The van der Waals surface area contributed by atoms with Crippen LogP contribution in [0.15, 0.2) is 0 Å². The van der Waals surface area contributed by atoms with Gasteiger partial charge in [0, 0.05) is 19.1 Å². The molecule has 3 saturated heterocycles. The third kappa shape index (κ3) is 4.09. The lowest BCUT2D eigenvalue weighted by atomic mass is 9.69. The Bertz CT molecular complexity index is 353. The number of rotatable bonds is 6. The van der Waals surface area contributed by atoms with Crippen LogP contribution in [-0.4, -0.2) is 67.8 Å². The van der Waals surface area contributed by atoms with Crippen molar-refractivity contribution in [2.24, 2.45) is 23.5 Å². The van der Waals surface area contributed by atoms with Gasteiger partial charge in [-0.1, -0.05) is 20.3 Å². The first-order chi connectivity index (χ1) is 11.2. The molecule has 3 aliphatic heterocycles. The van der Waals surface area contributed by atoms with E-state index in [-0.39, 0.29) is 0 Å². The van der Waals surface area contributed by atoms with E-state index in [9.17, 15) is 0 Å². The zero-order valence-corrected chi connectivity index (χ0v) is 15.3. The normalized spacial score (nSPS) is 35.3. The largest absolute Gasteiger partial charge is 0.378 e. The lowest BCUT2D eigenvalue weighted by Crippen LogP contribution is -2.58. The molecular formula is C19H37N3O. The van der Waals surface area contributed by atoms with Crippen molar-refractivity contribution in [3.63, 3.8) is 0 Å². The van der Waals surface area contributed by atoms with Gasteiger partial charge in [0.05, 0.1) is 19.3 Å². The lowest BCUT2D eigenvalue weighted by molar-refractivity contribution is -0.0799. The van der Waals surface area contributed by atoms with Crippen LogP contribution in [0, 0.1) is 17.8 Å². The van der Waals surface area contributed by atoms with Gasteiger partial charge in [-0.2, -0.15) is 0 Å². The third-order valence-electron chi connectivity index (χ3n) is 6.46. The van der Waals surface area contributed by atoms with Gasteiger partial charge in [-0.3, -0.25) is 4.90 Å². The predicted molar refractivity (Wildman–Crippen MR) is 95.5 cm³/mol. The van der Waals surface area contributed by atoms with E-state index in [0.717, 1.165) is 37.5 Å². The summed E-state index contributed by atoms with van der Waals surface area (Å²) >= 11 is 0. The number of hydrogen-bond donors (Lipinski definition) is 1. The third-order valence-corrected chi connectivity index (χ3v) is 6.46. The van der Waals surface area contributed by atoms with Gasteiger partial charge in [-0.25, -0.2) is 0 Å². The second-order valence-electron chi connectivity index (χ2n) is 8.11. The van der Waals surface area contributed by atoms with Crippen LogP contribution in [0.2, 0.25) is 0 Å². The van der Waals surface area contributed by atoms with Crippen molar-refractivity contribution in [3.8, 4) is 0 Å². The van der Waals surface area contributed by atoms with Crippen LogP contribution in [0.3, 0.4) is 0 Å². The fraction of sp³-hybridized carbons (Fsp3) is 1.00. The van der Waals surface area contributed by atoms with Crippen LogP contribution < -0.4 is 5.73 Å². The van der Waals surface area contributed by atoms with Crippen LogP contribution >= 0.6 is 0 Å². The summed E-state index contributed by atoms with van der Waals surface area (Å²) < 4.78 is 5.36. The highest BCUT2D eigenvalue weighted by Crippen LogP contribution is 2.38. The van der Waals surface area contributed by atoms with Crippen molar-refractivity contribution in [1.82, 2.24) is 9.80 Å². The first-order valence-corrected chi connectivity index (χ1v) is 10.0. The van der Waals surface area contributed by atoms with Crippen molar-refractivity contribution in [2.75, 3.05) is 45.9 Å². The molecule has 0 spiro atoms. The van der Waals surface area contributed by atoms with Gasteiger partial charge >= 0.3 is 0 Å². The average molecular weight is 324 g/mol. The Morgan fingerprint density at radius 1 is 1.04 bits per heavy atom. The molecule has 0 aromatic carbocycles. The number of nitrogens with two attached hydrogens (primary N) is 1. The van der Waals surface area contributed by atoms with E-state index in [1.807, 2.05) is 0 Å². The van der Waals surface area contributed by atoms with Gasteiger partial charge < -0.3 is 15.4 Å². The Morgan fingerprint density at radius 2 is 1.78 bits per heavy atom. The van der Waals surface area contributed by atoms with E-state index in [2.05, 4.69) is 23.6 Å². The fourth-order valence-electron chi connectivity index (χ4n) is 5.29. The fourth-order valence-corrected chi connectivity index (χ4v) is 5.29. The second kappa shape index (κ2) is 8.28. The van der Waals surface area contributed by atoms with Crippen molar-refractivity contribution in [3.05, 3.63) is 0 Å².